The summed E-state index contributed by atoms with van der Waals surface area (Å²) in [6.07, 6.45) is 3.41. The summed E-state index contributed by atoms with van der Waals surface area (Å²) < 4.78 is 0. The van der Waals surface area contributed by atoms with Gasteiger partial charge < -0.3 is 20.4 Å². The molecule has 0 aromatic heterocycles. The summed E-state index contributed by atoms with van der Waals surface area (Å²) in [7, 11) is 0. The van der Waals surface area contributed by atoms with Crippen molar-refractivity contribution in [3.8, 4) is 0 Å². The van der Waals surface area contributed by atoms with Gasteiger partial charge in [0.25, 0.3) is 0 Å². The summed E-state index contributed by atoms with van der Waals surface area (Å²) in [5.41, 5.74) is 4.07. The summed E-state index contributed by atoms with van der Waals surface area (Å²) in [5.74, 6) is 0.948. The minimum atomic E-state index is 0.897. The molecular weight excluding hydrogens is 346 g/mol. The summed E-state index contributed by atoms with van der Waals surface area (Å²) >= 11 is 0. The predicted molar refractivity (Wildman–Crippen MR) is 121 cm³/mol. The summed E-state index contributed by atoms with van der Waals surface area (Å²) in [6, 6.07) is 6.78. The van der Waals surface area contributed by atoms with Crippen LogP contribution in [0, 0.1) is 13.8 Å². The highest BCUT2D eigenvalue weighted by molar-refractivity contribution is 5.79. The van der Waals surface area contributed by atoms with Crippen LogP contribution >= 0.6 is 0 Å². The lowest BCUT2D eigenvalue weighted by molar-refractivity contribution is 0.136. The van der Waals surface area contributed by atoms with Crippen LogP contribution < -0.4 is 10.6 Å². The van der Waals surface area contributed by atoms with Crippen LogP contribution in [0.2, 0.25) is 0 Å². The van der Waals surface area contributed by atoms with E-state index in [9.17, 15) is 0 Å². The van der Waals surface area contributed by atoms with Gasteiger partial charge in [0.1, 0.15) is 0 Å². The highest BCUT2D eigenvalue weighted by Crippen LogP contribution is 2.09. The molecule has 2 rings (SSSR count). The minimum absolute atomic E-state index is 0.897. The molecule has 1 fully saturated rings. The minimum Gasteiger partial charge on any atom is -0.357 e. The predicted octanol–water partition coefficient (Wildman–Crippen LogP) is 2.82. The number of benzene rings is 1. The zero-order valence-corrected chi connectivity index (χ0v) is 18.6. The number of nitrogens with zero attached hydrogens (tertiary/aromatic N) is 3. The van der Waals surface area contributed by atoms with E-state index in [0.717, 1.165) is 38.4 Å². The fourth-order valence-electron chi connectivity index (χ4n) is 3.85. The maximum absolute atomic E-state index is 4.76. The van der Waals surface area contributed by atoms with Crippen molar-refractivity contribution >= 4 is 5.96 Å². The second-order valence-corrected chi connectivity index (χ2v) is 7.92. The fourth-order valence-corrected chi connectivity index (χ4v) is 3.85. The standard InChI is InChI=1S/C23H41N5/c1-5-24-23(26-11-9-22-18-20(3)17-21(4)19-22)25-10-7-8-12-28-15-13-27(6-2)14-16-28/h17-19H,5-16H2,1-4H3,(H2,24,25,26). The number of nitrogens with one attached hydrogen (secondary N) is 2. The monoisotopic (exact) mass is 387 g/mol. The lowest BCUT2D eigenvalue weighted by Gasteiger charge is -2.33. The van der Waals surface area contributed by atoms with Gasteiger partial charge >= 0.3 is 0 Å². The van der Waals surface area contributed by atoms with E-state index in [1.165, 1.54) is 62.4 Å². The number of rotatable bonds is 10. The van der Waals surface area contributed by atoms with Crippen molar-refractivity contribution in [1.82, 2.24) is 20.4 Å². The molecule has 158 valence electrons. The molecule has 1 aliphatic heterocycles. The van der Waals surface area contributed by atoms with Crippen LogP contribution in [0.5, 0.6) is 0 Å². The number of guanidine groups is 1. The molecule has 1 saturated heterocycles. The molecule has 0 saturated carbocycles. The number of likely N-dealkylation sites (N-methyl/N-ethyl adjacent to an activating group) is 1. The largest absolute Gasteiger partial charge is 0.357 e. The quantitative estimate of drug-likeness (QED) is 0.368. The molecule has 28 heavy (non-hydrogen) atoms. The average Bonchev–Trinajstić information content (AvgIpc) is 2.67. The van der Waals surface area contributed by atoms with Crippen LogP contribution in [0.4, 0.5) is 0 Å². The normalized spacial score (nSPS) is 16.4. The van der Waals surface area contributed by atoms with Crippen LogP contribution in [-0.4, -0.2) is 74.7 Å². The first-order chi connectivity index (χ1) is 13.6. The van der Waals surface area contributed by atoms with Crippen LogP contribution in [0.15, 0.2) is 23.2 Å². The van der Waals surface area contributed by atoms with E-state index in [1.54, 1.807) is 0 Å². The Kier molecular flexibility index (Phi) is 10.4. The molecule has 2 N–H and O–H groups in total. The number of piperazine rings is 1. The van der Waals surface area contributed by atoms with E-state index < -0.39 is 0 Å². The first-order valence-electron chi connectivity index (χ1n) is 11.1. The molecule has 0 unspecified atom stereocenters. The SMILES string of the molecule is CCNC(=NCCCCN1CCN(CC)CC1)NCCc1cc(C)cc(C)c1. The Hall–Kier alpha value is -1.59. The molecular formula is C23H41N5. The van der Waals surface area contributed by atoms with Crippen molar-refractivity contribution < 1.29 is 0 Å². The molecule has 1 aromatic carbocycles. The van der Waals surface area contributed by atoms with Crippen LogP contribution in [0.3, 0.4) is 0 Å². The Morgan fingerprint density at radius 2 is 1.61 bits per heavy atom. The second-order valence-electron chi connectivity index (χ2n) is 7.92. The van der Waals surface area contributed by atoms with Gasteiger partial charge in [0.15, 0.2) is 5.96 Å². The third-order valence-electron chi connectivity index (χ3n) is 5.40. The van der Waals surface area contributed by atoms with Gasteiger partial charge in [-0.2, -0.15) is 0 Å². The maximum Gasteiger partial charge on any atom is 0.191 e. The molecule has 1 heterocycles. The van der Waals surface area contributed by atoms with Crippen LogP contribution in [-0.2, 0) is 6.42 Å². The Bertz CT molecular complexity index is 570. The highest BCUT2D eigenvalue weighted by atomic mass is 15.3. The lowest BCUT2D eigenvalue weighted by atomic mass is 10.1. The van der Waals surface area contributed by atoms with E-state index in [2.05, 4.69) is 66.3 Å². The van der Waals surface area contributed by atoms with Crippen molar-refractivity contribution in [3.05, 3.63) is 34.9 Å². The molecule has 0 amide bonds. The Labute approximate surface area is 172 Å². The Balaban J connectivity index is 1.64. The number of aliphatic imine (C=N–C) groups is 1. The third kappa shape index (κ3) is 8.61. The van der Waals surface area contributed by atoms with Gasteiger partial charge in [-0.3, -0.25) is 4.99 Å². The average molecular weight is 388 g/mol. The van der Waals surface area contributed by atoms with Crippen molar-refractivity contribution in [1.29, 1.82) is 0 Å². The van der Waals surface area contributed by atoms with Gasteiger partial charge in [0, 0.05) is 45.8 Å². The zero-order chi connectivity index (χ0) is 20.2. The van der Waals surface area contributed by atoms with Crippen molar-refractivity contribution in [2.75, 3.05) is 58.9 Å². The smallest absolute Gasteiger partial charge is 0.191 e. The molecule has 5 heteroatoms. The van der Waals surface area contributed by atoms with Gasteiger partial charge in [-0.15, -0.1) is 0 Å². The second kappa shape index (κ2) is 12.8. The van der Waals surface area contributed by atoms with Crippen LogP contribution in [0.1, 0.15) is 43.4 Å². The molecule has 0 spiro atoms. The summed E-state index contributed by atoms with van der Waals surface area (Å²) in [5, 5.41) is 6.85. The van der Waals surface area contributed by atoms with Crippen molar-refractivity contribution in [3.63, 3.8) is 0 Å². The van der Waals surface area contributed by atoms with E-state index in [-0.39, 0.29) is 0 Å². The Morgan fingerprint density at radius 1 is 0.929 bits per heavy atom. The Morgan fingerprint density at radius 3 is 2.25 bits per heavy atom. The molecule has 5 nitrogen and oxygen atoms in total. The molecule has 1 aromatic rings. The topological polar surface area (TPSA) is 42.9 Å². The summed E-state index contributed by atoms with van der Waals surface area (Å²) in [4.78, 5) is 9.89. The summed E-state index contributed by atoms with van der Waals surface area (Å²) in [6.45, 7) is 18.7. The zero-order valence-electron chi connectivity index (χ0n) is 18.6. The molecule has 0 radical (unpaired) electrons. The molecule has 0 aliphatic carbocycles. The van der Waals surface area contributed by atoms with E-state index in [0.29, 0.717) is 0 Å². The van der Waals surface area contributed by atoms with Gasteiger partial charge in [-0.25, -0.2) is 0 Å². The lowest BCUT2D eigenvalue weighted by Crippen LogP contribution is -2.46. The molecule has 0 bridgehead atoms. The molecule has 0 atom stereocenters. The van der Waals surface area contributed by atoms with E-state index in [4.69, 9.17) is 4.99 Å². The van der Waals surface area contributed by atoms with Gasteiger partial charge in [-0.1, -0.05) is 36.2 Å². The number of unbranched alkanes of at least 4 members (excludes halogenated alkanes) is 1. The number of aryl methyl sites for hydroxylation is 2. The fraction of sp³-hybridized carbons (Fsp3) is 0.696. The molecule has 1 aliphatic rings. The number of hydrogen-bond donors (Lipinski definition) is 2. The van der Waals surface area contributed by atoms with Gasteiger partial charge in [-0.05, 0) is 58.7 Å². The third-order valence-corrected chi connectivity index (χ3v) is 5.40. The van der Waals surface area contributed by atoms with Crippen LogP contribution in [0.25, 0.3) is 0 Å². The van der Waals surface area contributed by atoms with E-state index >= 15 is 0 Å². The highest BCUT2D eigenvalue weighted by Gasteiger charge is 2.14. The van der Waals surface area contributed by atoms with Gasteiger partial charge in [0.2, 0.25) is 0 Å². The van der Waals surface area contributed by atoms with E-state index in [1.807, 2.05) is 0 Å². The first kappa shape index (κ1) is 22.7. The first-order valence-corrected chi connectivity index (χ1v) is 11.1. The van der Waals surface area contributed by atoms with Gasteiger partial charge in [0.05, 0.1) is 0 Å². The van der Waals surface area contributed by atoms with Crippen molar-refractivity contribution in [2.45, 2.75) is 47.0 Å². The number of hydrogen-bond acceptors (Lipinski definition) is 3. The maximum atomic E-state index is 4.76. The van der Waals surface area contributed by atoms with Crippen molar-refractivity contribution in [2.24, 2.45) is 4.99 Å².